The number of rotatable bonds is 3. The Morgan fingerprint density at radius 2 is 1.93 bits per heavy atom. The van der Waals surface area contributed by atoms with Gasteiger partial charge >= 0.3 is 5.63 Å². The van der Waals surface area contributed by atoms with Crippen molar-refractivity contribution >= 4 is 44.2 Å². The number of carbonyl (C=O) groups is 1. The van der Waals surface area contributed by atoms with Crippen LogP contribution < -0.4 is 10.9 Å². The molecule has 0 aliphatic heterocycles. The normalized spacial score (nSPS) is 11.1. The number of anilines is 1. The summed E-state index contributed by atoms with van der Waals surface area (Å²) in [5.74, 6) is -0.542. The van der Waals surface area contributed by atoms with Crippen molar-refractivity contribution < 1.29 is 9.21 Å². The Labute approximate surface area is 162 Å². The molecule has 5 aromatic rings. The summed E-state index contributed by atoms with van der Waals surface area (Å²) in [5, 5.41) is 6.72. The third kappa shape index (κ3) is 2.78. The van der Waals surface area contributed by atoms with Gasteiger partial charge in [-0.3, -0.25) is 10.1 Å². The van der Waals surface area contributed by atoms with Crippen LogP contribution in [0.5, 0.6) is 0 Å². The molecule has 1 amide bonds. The van der Waals surface area contributed by atoms with Crippen LogP contribution in [0.15, 0.2) is 75.4 Å². The highest BCUT2D eigenvalue weighted by molar-refractivity contribution is 7.14. The molecule has 2 aromatic carbocycles. The molecule has 3 heterocycles. The van der Waals surface area contributed by atoms with Crippen LogP contribution in [-0.4, -0.2) is 15.9 Å². The molecule has 0 aliphatic rings. The molecule has 0 spiro atoms. The zero-order valence-corrected chi connectivity index (χ0v) is 15.2. The summed E-state index contributed by atoms with van der Waals surface area (Å²) in [5.41, 5.74) is 2.44. The lowest BCUT2D eigenvalue weighted by atomic mass is 10.1. The molecular weight excluding hydrogens is 374 g/mol. The molecule has 0 radical (unpaired) electrons. The van der Waals surface area contributed by atoms with Crippen LogP contribution in [-0.2, 0) is 0 Å². The number of aromatic nitrogens is 2. The molecule has 3 aromatic heterocycles. The van der Waals surface area contributed by atoms with E-state index in [2.05, 4.69) is 15.3 Å². The number of nitrogens with zero attached hydrogens (tertiary/aromatic N) is 1. The molecule has 0 unspecified atom stereocenters. The largest absolute Gasteiger partial charge is 0.422 e. The quantitative estimate of drug-likeness (QED) is 0.441. The van der Waals surface area contributed by atoms with Crippen molar-refractivity contribution in [1.29, 1.82) is 0 Å². The van der Waals surface area contributed by atoms with E-state index in [4.69, 9.17) is 4.42 Å². The summed E-state index contributed by atoms with van der Waals surface area (Å²) in [6.07, 6.45) is 1.89. The molecule has 136 valence electrons. The third-order valence-electron chi connectivity index (χ3n) is 4.48. The van der Waals surface area contributed by atoms with Crippen molar-refractivity contribution in [2.75, 3.05) is 5.32 Å². The number of amides is 1. The zero-order chi connectivity index (χ0) is 19.1. The number of fused-ring (bicyclic) bond motifs is 2. The fourth-order valence-electron chi connectivity index (χ4n) is 3.12. The van der Waals surface area contributed by atoms with Crippen molar-refractivity contribution in [2.24, 2.45) is 0 Å². The molecule has 0 saturated heterocycles. The lowest BCUT2D eigenvalue weighted by Gasteiger charge is -2.02. The first kappa shape index (κ1) is 16.5. The number of para-hydroxylation sites is 2. The van der Waals surface area contributed by atoms with Gasteiger partial charge in [0.25, 0.3) is 5.91 Å². The second kappa shape index (κ2) is 6.47. The van der Waals surface area contributed by atoms with E-state index in [1.807, 2.05) is 41.9 Å². The third-order valence-corrected chi connectivity index (χ3v) is 5.23. The van der Waals surface area contributed by atoms with E-state index < -0.39 is 11.5 Å². The minimum Gasteiger partial charge on any atom is -0.422 e. The molecule has 0 atom stereocenters. The Bertz CT molecular complexity index is 1400. The summed E-state index contributed by atoms with van der Waals surface area (Å²) in [7, 11) is 0. The van der Waals surface area contributed by atoms with Crippen LogP contribution in [0, 0.1) is 0 Å². The van der Waals surface area contributed by atoms with Crippen LogP contribution in [0.2, 0.25) is 0 Å². The molecule has 5 rings (SSSR count). The maximum Gasteiger partial charge on any atom is 0.349 e. The fourth-order valence-corrected chi connectivity index (χ4v) is 3.83. The number of H-pyrrole nitrogens is 1. The molecule has 0 saturated carbocycles. The van der Waals surface area contributed by atoms with E-state index in [1.54, 1.807) is 18.2 Å². The molecule has 0 bridgehead atoms. The second-order valence-electron chi connectivity index (χ2n) is 6.23. The maximum atomic E-state index is 12.6. The first-order valence-corrected chi connectivity index (χ1v) is 9.43. The molecule has 0 aliphatic carbocycles. The van der Waals surface area contributed by atoms with E-state index in [-0.39, 0.29) is 5.56 Å². The van der Waals surface area contributed by atoms with E-state index >= 15 is 0 Å². The first-order valence-electron chi connectivity index (χ1n) is 8.55. The van der Waals surface area contributed by atoms with Crippen molar-refractivity contribution in [3.05, 3.63) is 82.2 Å². The van der Waals surface area contributed by atoms with Crippen LogP contribution in [0.3, 0.4) is 0 Å². The summed E-state index contributed by atoms with van der Waals surface area (Å²) in [4.78, 5) is 32.4. The lowest BCUT2D eigenvalue weighted by molar-refractivity contribution is 0.102. The Hall–Kier alpha value is -3.71. The van der Waals surface area contributed by atoms with Gasteiger partial charge in [-0.05, 0) is 18.2 Å². The summed E-state index contributed by atoms with van der Waals surface area (Å²) >= 11 is 1.30. The zero-order valence-electron chi connectivity index (χ0n) is 14.4. The van der Waals surface area contributed by atoms with Gasteiger partial charge in [0.1, 0.15) is 11.1 Å². The van der Waals surface area contributed by atoms with Gasteiger partial charge in [-0.2, -0.15) is 0 Å². The highest BCUT2D eigenvalue weighted by Crippen LogP contribution is 2.31. The van der Waals surface area contributed by atoms with Gasteiger partial charge < -0.3 is 9.40 Å². The maximum absolute atomic E-state index is 12.6. The van der Waals surface area contributed by atoms with Crippen molar-refractivity contribution in [3.8, 4) is 11.3 Å². The van der Waals surface area contributed by atoms with Crippen LogP contribution in [0.25, 0.3) is 33.1 Å². The molecule has 28 heavy (non-hydrogen) atoms. The standard InChI is InChI=1S/C21H13N3O3S/c25-19(14-9-12-5-1-4-8-18(12)27-20(14)26)24-21-23-17(11-28-21)15-10-22-16-7-3-2-6-13(15)16/h1-11,22H,(H,23,24,25). The monoisotopic (exact) mass is 387 g/mol. The fraction of sp³-hybridized carbons (Fsp3) is 0. The Kier molecular flexibility index (Phi) is 3.80. The highest BCUT2D eigenvalue weighted by Gasteiger charge is 2.16. The van der Waals surface area contributed by atoms with Gasteiger partial charge in [0.2, 0.25) is 0 Å². The van der Waals surface area contributed by atoms with Gasteiger partial charge in [-0.15, -0.1) is 11.3 Å². The van der Waals surface area contributed by atoms with Gasteiger partial charge in [0.05, 0.1) is 5.69 Å². The molecular formula is C21H13N3O3S. The average Bonchev–Trinajstić information content (AvgIpc) is 3.34. The Morgan fingerprint density at radius 1 is 1.11 bits per heavy atom. The number of aromatic amines is 1. The van der Waals surface area contributed by atoms with Crippen molar-refractivity contribution in [3.63, 3.8) is 0 Å². The lowest BCUT2D eigenvalue weighted by Crippen LogP contribution is -2.20. The Balaban J connectivity index is 1.45. The molecule has 0 fully saturated rings. The van der Waals surface area contributed by atoms with Gasteiger partial charge in [0.15, 0.2) is 5.13 Å². The number of thiazole rings is 1. The number of hydrogen-bond acceptors (Lipinski definition) is 5. The minimum absolute atomic E-state index is 0.0532. The smallest absolute Gasteiger partial charge is 0.349 e. The van der Waals surface area contributed by atoms with E-state index in [0.717, 1.165) is 22.2 Å². The van der Waals surface area contributed by atoms with Gasteiger partial charge in [-0.1, -0.05) is 36.4 Å². The minimum atomic E-state index is -0.676. The highest BCUT2D eigenvalue weighted by atomic mass is 32.1. The van der Waals surface area contributed by atoms with Crippen molar-refractivity contribution in [2.45, 2.75) is 0 Å². The average molecular weight is 387 g/mol. The first-order chi connectivity index (χ1) is 13.7. The predicted molar refractivity (Wildman–Crippen MR) is 110 cm³/mol. The SMILES string of the molecule is O=C(Nc1nc(-c2c[nH]c3ccccc23)cs1)c1cc2ccccc2oc1=O. The Morgan fingerprint density at radius 3 is 2.86 bits per heavy atom. The van der Waals surface area contributed by atoms with Crippen molar-refractivity contribution in [1.82, 2.24) is 9.97 Å². The predicted octanol–water partition coefficient (Wildman–Crippen LogP) is 4.65. The van der Waals surface area contributed by atoms with E-state index in [0.29, 0.717) is 16.1 Å². The van der Waals surface area contributed by atoms with E-state index in [9.17, 15) is 9.59 Å². The number of benzene rings is 2. The van der Waals surface area contributed by atoms with E-state index in [1.165, 1.54) is 17.4 Å². The summed E-state index contributed by atoms with van der Waals surface area (Å²) in [6.45, 7) is 0. The topological polar surface area (TPSA) is 88.0 Å². The molecule has 7 heteroatoms. The van der Waals surface area contributed by atoms with Gasteiger partial charge in [-0.25, -0.2) is 9.78 Å². The van der Waals surface area contributed by atoms with Crippen LogP contribution in [0.1, 0.15) is 10.4 Å². The summed E-state index contributed by atoms with van der Waals surface area (Å²) in [6, 6.07) is 16.5. The molecule has 2 N–H and O–H groups in total. The molecule has 6 nitrogen and oxygen atoms in total. The number of nitrogens with one attached hydrogen (secondary N) is 2. The van der Waals surface area contributed by atoms with Gasteiger partial charge in [0, 0.05) is 33.4 Å². The number of carbonyl (C=O) groups excluding carboxylic acids is 1. The summed E-state index contributed by atoms with van der Waals surface area (Å²) < 4.78 is 5.23. The van der Waals surface area contributed by atoms with Crippen LogP contribution >= 0.6 is 11.3 Å². The second-order valence-corrected chi connectivity index (χ2v) is 7.08. The van der Waals surface area contributed by atoms with Crippen LogP contribution in [0.4, 0.5) is 5.13 Å². The number of hydrogen-bond donors (Lipinski definition) is 2.